The van der Waals surface area contributed by atoms with Crippen molar-refractivity contribution in [3.8, 4) is 28.2 Å². The molecule has 0 bridgehead atoms. The summed E-state index contributed by atoms with van der Waals surface area (Å²) in [4.78, 5) is 99.4. The highest BCUT2D eigenvalue weighted by atomic mass is 32.1. The van der Waals surface area contributed by atoms with E-state index in [0.717, 1.165) is 0 Å². The zero-order valence-corrected chi connectivity index (χ0v) is 73.4. The second kappa shape index (κ2) is 67.1. The van der Waals surface area contributed by atoms with Crippen molar-refractivity contribution in [3.05, 3.63) is 100 Å². The highest BCUT2D eigenvalue weighted by Gasteiger charge is 2.34. The van der Waals surface area contributed by atoms with E-state index < -0.39 is 36.1 Å². The molecule has 2 unspecified atom stereocenters. The number of guanidine groups is 1. The summed E-state index contributed by atoms with van der Waals surface area (Å²) < 4.78 is 117. The third-order valence-corrected chi connectivity index (χ3v) is 18.6. The normalized spacial score (nSPS) is 13.9. The second-order valence-electron chi connectivity index (χ2n) is 28.1. The number of aliphatic imine (C=N–C) groups is 3. The lowest BCUT2D eigenvalue weighted by atomic mass is 9.90. The molecular formula is C87H125N9O31S. The van der Waals surface area contributed by atoms with Crippen molar-refractivity contribution in [2.45, 2.75) is 63.2 Å². The largest absolute Gasteiger partial charge is 0.508 e. The monoisotopic (exact) mass is 1820 g/mol. The van der Waals surface area contributed by atoms with E-state index in [9.17, 15) is 48.9 Å². The molecule has 0 saturated heterocycles. The maximum Gasteiger partial charge on any atom is 0.336 e. The number of carboxylic acid groups (broad SMARTS) is 2. The number of aromatic carboxylic acids is 1. The fourth-order valence-electron chi connectivity index (χ4n) is 11.9. The maximum atomic E-state index is 12.9. The van der Waals surface area contributed by atoms with Gasteiger partial charge in [0.15, 0.2) is 28.7 Å². The lowest BCUT2D eigenvalue weighted by molar-refractivity contribution is -0.139. The average molecular weight is 1830 g/mol. The summed E-state index contributed by atoms with van der Waals surface area (Å²) in [6, 6.07) is 17.9. The van der Waals surface area contributed by atoms with E-state index >= 15 is 0 Å². The first-order valence-electron chi connectivity index (χ1n) is 42.9. The van der Waals surface area contributed by atoms with E-state index in [1.54, 1.807) is 36.4 Å². The summed E-state index contributed by atoms with van der Waals surface area (Å²) in [5.41, 5.74) is 8.86. The van der Waals surface area contributed by atoms with Crippen LogP contribution in [0.25, 0.3) is 33.4 Å². The Kier molecular flexibility index (Phi) is 55.5. The van der Waals surface area contributed by atoms with Gasteiger partial charge >= 0.3 is 11.9 Å². The van der Waals surface area contributed by atoms with Crippen LogP contribution in [0.4, 0.5) is 11.4 Å². The topological polar surface area (TPSA) is 501 Å². The molecule has 40 nitrogen and oxygen atoms in total. The van der Waals surface area contributed by atoms with E-state index in [-0.39, 0.29) is 101 Å². The summed E-state index contributed by atoms with van der Waals surface area (Å²) in [6.45, 7) is 17.5. The van der Waals surface area contributed by atoms with Crippen molar-refractivity contribution >= 4 is 92.9 Å². The number of aliphatic carboxylic acids is 1. The predicted octanol–water partition coefficient (Wildman–Crippen LogP) is 4.42. The van der Waals surface area contributed by atoms with E-state index in [0.29, 0.717) is 323 Å². The minimum atomic E-state index is -1.25. The number of carboxylic acids is 2. The van der Waals surface area contributed by atoms with Gasteiger partial charge in [-0.15, -0.1) is 0 Å². The zero-order valence-electron chi connectivity index (χ0n) is 72.6. The number of Topliss-reactive ketones (excluding diaryl/α,β-unsaturated/α-hetero) is 2. The van der Waals surface area contributed by atoms with Gasteiger partial charge in [-0.1, -0.05) is 6.07 Å². The van der Waals surface area contributed by atoms with E-state index in [4.69, 9.17) is 117 Å². The number of amides is 2. The molecule has 41 heteroatoms. The third-order valence-electron chi connectivity index (χ3n) is 18.4. The van der Waals surface area contributed by atoms with Crippen LogP contribution in [0, 0.1) is 0 Å². The Labute approximate surface area is 749 Å². The molecule has 0 saturated carbocycles. The van der Waals surface area contributed by atoms with Crippen molar-refractivity contribution in [2.24, 2.45) is 20.7 Å². The van der Waals surface area contributed by atoms with Gasteiger partial charge in [-0.05, 0) is 97.7 Å². The molecule has 7 rings (SSSR count). The number of nitrogens with zero attached hydrogens (tertiary/aromatic N) is 3. The summed E-state index contributed by atoms with van der Waals surface area (Å²) in [7, 11) is 0. The number of rotatable bonds is 80. The first-order chi connectivity index (χ1) is 62.6. The van der Waals surface area contributed by atoms with E-state index in [1.807, 2.05) is 0 Å². The van der Waals surface area contributed by atoms with Crippen LogP contribution >= 0.6 is 12.2 Å². The van der Waals surface area contributed by atoms with Crippen LogP contribution in [-0.4, -0.2) is 369 Å². The Balaban J connectivity index is 0.492. The number of ketones is 2. The molecular weight excluding hydrogens is 1700 g/mol. The van der Waals surface area contributed by atoms with Crippen molar-refractivity contribution in [2.75, 3.05) is 288 Å². The van der Waals surface area contributed by atoms with Gasteiger partial charge in [0.2, 0.25) is 0 Å². The molecule has 2 amide bonds. The van der Waals surface area contributed by atoms with Crippen LogP contribution < -0.4 is 37.7 Å². The predicted molar refractivity (Wildman–Crippen MR) is 473 cm³/mol. The van der Waals surface area contributed by atoms with Gasteiger partial charge in [0.05, 0.1) is 275 Å². The van der Waals surface area contributed by atoms with Gasteiger partial charge in [-0.2, -0.15) is 0 Å². The smallest absolute Gasteiger partial charge is 0.336 e. The number of carbonyl (C=O) groups is 6. The van der Waals surface area contributed by atoms with Crippen molar-refractivity contribution in [3.63, 3.8) is 0 Å². The average Bonchev–Trinajstić information content (AvgIpc) is 0.747. The van der Waals surface area contributed by atoms with Crippen molar-refractivity contribution in [1.82, 2.24) is 16.0 Å². The van der Waals surface area contributed by atoms with Crippen LogP contribution in [0.5, 0.6) is 5.75 Å². The SMILES string of the molecule is NC1=NC2N=CC(CNc3ccc(C(=O)N[C@@H](CCC(=O)CCCOCCOCCOCCOCCOCCOCCOCCOCCOCCOCCOCCOCCOCCOCCOCCOCCOCCOCCOCCOCCC(=O)CCCNC(=S)Nc4ccc(-c5c6ccc(=O)cc-6oc6cc(O)ccc56)c(C(=O)O)c4)C(=O)O)cc3)=NC2C(=O)N1. The number of hydrogen-bond donors (Lipinski definition) is 9. The molecule has 128 heavy (non-hydrogen) atoms. The number of phenolic OH excluding ortho intramolecular Hbond substituents is 1. The minimum absolute atomic E-state index is 0.00363. The van der Waals surface area contributed by atoms with Gasteiger partial charge < -0.3 is 141 Å². The first-order valence-corrected chi connectivity index (χ1v) is 43.3. The number of carbonyl (C=O) groups excluding carboxylic acids is 4. The van der Waals surface area contributed by atoms with Gasteiger partial charge in [0, 0.05) is 90.6 Å². The Hall–Kier alpha value is -9.13. The molecule has 3 aliphatic heterocycles. The lowest BCUT2D eigenvalue weighted by Crippen LogP contribution is -2.52. The number of anilines is 2. The zero-order chi connectivity index (χ0) is 90.9. The number of ether oxygens (including phenoxy) is 20. The summed E-state index contributed by atoms with van der Waals surface area (Å²) in [5, 5.41) is 45.0. The highest BCUT2D eigenvalue weighted by molar-refractivity contribution is 7.80. The number of benzene rings is 4. The van der Waals surface area contributed by atoms with Gasteiger partial charge in [0.1, 0.15) is 34.7 Å². The summed E-state index contributed by atoms with van der Waals surface area (Å²) in [5.74, 6) is -3.30. The molecule has 3 aromatic carbocycles. The quantitative estimate of drug-likeness (QED) is 0.0148. The Morgan fingerprint density at radius 2 is 0.891 bits per heavy atom. The van der Waals surface area contributed by atoms with Gasteiger partial charge in [-0.25, -0.2) is 14.6 Å². The highest BCUT2D eigenvalue weighted by Crippen LogP contribution is 2.42. The second-order valence-corrected chi connectivity index (χ2v) is 28.5. The van der Waals surface area contributed by atoms with Crippen LogP contribution in [-0.2, 0) is 114 Å². The molecule has 10 N–H and O–H groups in total. The lowest BCUT2D eigenvalue weighted by Gasteiger charge is -2.25. The van der Waals surface area contributed by atoms with Gasteiger partial charge in [0.25, 0.3) is 11.8 Å². The third kappa shape index (κ3) is 46.4. The molecule has 0 radical (unpaired) electrons. The first kappa shape index (κ1) is 106. The molecule has 3 atom stereocenters. The standard InChI is InChI=1S/C87H125N9O31S/c88-86-95-81-80(83(102)96-86)92-67(63-91-81)62-90-65-7-5-64(6-8-65)82(101)94-76(85(105)106)16-12-68(97)4-2-19-107-21-23-109-25-27-111-29-31-113-33-35-115-37-39-117-41-43-119-45-47-121-49-51-123-53-55-125-57-58-126-56-54-124-52-50-122-48-46-120-44-42-118-40-38-116-36-34-114-32-30-112-28-26-110-24-22-108-20-17-69(98)3-1-18-89-87(128)93-66-9-13-72(75(59-66)84(103)104)79-73-14-10-70(99)60-77(73)127-78-61-71(100)11-15-74(78)79/h5-11,13-15,59-61,63,76,80-81,90,99H,1-4,12,16-58,62H2,(H,94,101)(H,103,104)(H,105,106)(H2,89,93,128)(H3,88,95,96,102)/t76-,80?,81?/m0/s1. The minimum Gasteiger partial charge on any atom is -0.508 e. The summed E-state index contributed by atoms with van der Waals surface area (Å²) >= 11 is 5.45. The maximum absolute atomic E-state index is 12.9. The van der Waals surface area contributed by atoms with Crippen LogP contribution in [0.2, 0.25) is 0 Å². The number of nitrogens with one attached hydrogen (secondary N) is 5. The Morgan fingerprint density at radius 1 is 0.469 bits per heavy atom. The fourth-order valence-corrected chi connectivity index (χ4v) is 12.2. The Morgan fingerprint density at radius 3 is 1.34 bits per heavy atom. The number of nitrogens with two attached hydrogens (primary N) is 1. The molecule has 0 spiro atoms. The van der Waals surface area contributed by atoms with Crippen molar-refractivity contribution < 1.29 is 143 Å². The molecule has 4 aliphatic rings. The van der Waals surface area contributed by atoms with E-state index in [2.05, 4.69) is 41.6 Å². The Bertz CT molecular complexity index is 4130. The fraction of sp³-hybridized carbons (Fsp3) is 0.598. The molecule has 710 valence electrons. The number of hydrogen-bond acceptors (Lipinski definition) is 35. The molecule has 3 heterocycles. The molecule has 0 fully saturated rings. The number of aromatic hydroxyl groups is 1. The molecule has 3 aromatic rings. The van der Waals surface area contributed by atoms with Crippen LogP contribution in [0.15, 0.2) is 103 Å². The number of fused-ring (bicyclic) bond motifs is 3. The molecule has 0 aromatic heterocycles. The number of thiocarbonyl (C=S) groups is 1. The van der Waals surface area contributed by atoms with E-state index in [1.165, 1.54) is 48.7 Å². The van der Waals surface area contributed by atoms with Crippen LogP contribution in [0.1, 0.15) is 65.7 Å². The van der Waals surface area contributed by atoms with Crippen molar-refractivity contribution in [1.29, 1.82) is 0 Å². The van der Waals surface area contributed by atoms with Gasteiger partial charge in [-0.3, -0.25) is 39.3 Å². The molecule has 1 aliphatic carbocycles. The summed E-state index contributed by atoms with van der Waals surface area (Å²) in [6.07, 6.45) is 2.54. The van der Waals surface area contributed by atoms with Crippen LogP contribution in [0.3, 0.4) is 0 Å². The number of phenols is 1.